The maximum atomic E-state index is 12.1. The molecule has 2 aromatic heterocycles. The molecule has 0 spiro atoms. The third kappa shape index (κ3) is 3.85. The molecule has 0 aliphatic heterocycles. The highest BCUT2D eigenvalue weighted by Crippen LogP contribution is 2.17. The largest absolute Gasteiger partial charge is 0.335 e. The van der Waals surface area contributed by atoms with Gasteiger partial charge in [0.15, 0.2) is 5.82 Å². The van der Waals surface area contributed by atoms with Crippen molar-refractivity contribution in [3.05, 3.63) is 29.8 Å². The van der Waals surface area contributed by atoms with E-state index in [9.17, 15) is 4.79 Å². The number of nitrogens with zero attached hydrogens (tertiary/aromatic N) is 4. The lowest BCUT2D eigenvalue weighted by molar-refractivity contribution is 0.244. The maximum Gasteiger partial charge on any atom is 0.320 e. The van der Waals surface area contributed by atoms with E-state index in [1.54, 1.807) is 10.7 Å². The number of hydrogen-bond donors (Lipinski definition) is 2. The zero-order chi connectivity index (χ0) is 16.2. The molecule has 0 radical (unpaired) electrons. The number of amides is 2. The zero-order valence-electron chi connectivity index (χ0n) is 13.5. The molecule has 0 atom stereocenters. The summed E-state index contributed by atoms with van der Waals surface area (Å²) in [5.41, 5.74) is 1.91. The molecule has 2 amide bonds. The normalized spacial score (nSPS) is 15.4. The van der Waals surface area contributed by atoms with Crippen molar-refractivity contribution in [2.75, 3.05) is 5.32 Å². The quantitative estimate of drug-likeness (QED) is 0.912. The van der Waals surface area contributed by atoms with Crippen LogP contribution in [0.2, 0.25) is 0 Å². The van der Waals surface area contributed by atoms with E-state index < -0.39 is 0 Å². The van der Waals surface area contributed by atoms with Gasteiger partial charge in [-0.05, 0) is 32.8 Å². The van der Waals surface area contributed by atoms with E-state index in [0.29, 0.717) is 11.6 Å². The third-order valence-electron chi connectivity index (χ3n) is 4.06. The van der Waals surface area contributed by atoms with Gasteiger partial charge in [-0.3, -0.25) is 5.32 Å². The topological polar surface area (TPSA) is 84.7 Å². The lowest BCUT2D eigenvalue weighted by Crippen LogP contribution is -2.39. The molecule has 1 aliphatic carbocycles. The zero-order valence-corrected chi connectivity index (χ0v) is 13.5. The van der Waals surface area contributed by atoms with Crippen LogP contribution in [0.1, 0.15) is 43.5 Å². The van der Waals surface area contributed by atoms with Gasteiger partial charge in [-0.25, -0.2) is 19.4 Å². The number of aryl methyl sites for hydroxylation is 2. The molecule has 122 valence electrons. The fraction of sp³-hybridized carbons (Fsp3) is 0.500. The lowest BCUT2D eigenvalue weighted by Gasteiger charge is -2.22. The molecule has 1 aliphatic rings. The minimum Gasteiger partial charge on any atom is -0.335 e. The Bertz CT molecular complexity index is 690. The van der Waals surface area contributed by atoms with Crippen LogP contribution in [0.4, 0.5) is 10.6 Å². The van der Waals surface area contributed by atoms with E-state index in [-0.39, 0.29) is 12.1 Å². The minimum absolute atomic E-state index is 0.213. The molecular formula is C16H22N6O. The Hall–Kier alpha value is -2.44. The number of rotatable bonds is 3. The van der Waals surface area contributed by atoms with Crippen molar-refractivity contribution < 1.29 is 4.79 Å². The van der Waals surface area contributed by atoms with Gasteiger partial charge in [0.05, 0.1) is 5.69 Å². The third-order valence-corrected chi connectivity index (χ3v) is 4.06. The number of nitrogens with one attached hydrogen (secondary N) is 2. The monoisotopic (exact) mass is 314 g/mol. The van der Waals surface area contributed by atoms with E-state index in [4.69, 9.17) is 0 Å². The second-order valence-corrected chi connectivity index (χ2v) is 6.03. The number of carbonyl (C=O) groups is 1. The molecular weight excluding hydrogens is 292 g/mol. The van der Waals surface area contributed by atoms with Gasteiger partial charge in [0, 0.05) is 17.8 Å². The van der Waals surface area contributed by atoms with Crippen LogP contribution in [-0.2, 0) is 0 Å². The summed E-state index contributed by atoms with van der Waals surface area (Å²) >= 11 is 0. The summed E-state index contributed by atoms with van der Waals surface area (Å²) < 4.78 is 1.74. The smallest absolute Gasteiger partial charge is 0.320 e. The fourth-order valence-corrected chi connectivity index (χ4v) is 2.98. The summed E-state index contributed by atoms with van der Waals surface area (Å²) in [6, 6.07) is 3.75. The predicted octanol–water partition coefficient (Wildman–Crippen LogP) is 2.73. The highest BCUT2D eigenvalue weighted by atomic mass is 16.2. The van der Waals surface area contributed by atoms with E-state index in [1.165, 1.54) is 25.6 Å². The highest BCUT2D eigenvalue weighted by Gasteiger charge is 2.16. The van der Waals surface area contributed by atoms with Crippen LogP contribution < -0.4 is 10.6 Å². The fourth-order valence-electron chi connectivity index (χ4n) is 2.98. The first-order chi connectivity index (χ1) is 11.1. The average Bonchev–Trinajstić information content (AvgIpc) is 2.87. The van der Waals surface area contributed by atoms with Crippen LogP contribution in [0.5, 0.6) is 0 Å². The van der Waals surface area contributed by atoms with Gasteiger partial charge in [0.25, 0.3) is 0 Å². The first kappa shape index (κ1) is 15.5. The predicted molar refractivity (Wildman–Crippen MR) is 87.7 cm³/mol. The van der Waals surface area contributed by atoms with Crippen molar-refractivity contribution in [3.63, 3.8) is 0 Å². The van der Waals surface area contributed by atoms with Gasteiger partial charge in [0.2, 0.25) is 0 Å². The maximum absolute atomic E-state index is 12.1. The Morgan fingerprint density at radius 3 is 2.65 bits per heavy atom. The number of anilines is 1. The molecule has 7 nitrogen and oxygen atoms in total. The van der Waals surface area contributed by atoms with Crippen molar-refractivity contribution >= 4 is 11.8 Å². The van der Waals surface area contributed by atoms with Crippen LogP contribution in [0.3, 0.4) is 0 Å². The first-order valence-electron chi connectivity index (χ1n) is 8.05. The molecule has 1 saturated carbocycles. The second-order valence-electron chi connectivity index (χ2n) is 6.03. The summed E-state index contributed by atoms with van der Waals surface area (Å²) in [5, 5.41) is 10.2. The molecule has 7 heteroatoms. The number of aromatic nitrogens is 4. The molecule has 1 fully saturated rings. The molecule has 2 N–H and O–H groups in total. The van der Waals surface area contributed by atoms with Gasteiger partial charge in [0.1, 0.15) is 12.1 Å². The minimum atomic E-state index is -0.213. The molecule has 2 aromatic rings. The van der Waals surface area contributed by atoms with Crippen molar-refractivity contribution in [2.24, 2.45) is 0 Å². The Morgan fingerprint density at radius 1 is 1.17 bits per heavy atom. The van der Waals surface area contributed by atoms with E-state index >= 15 is 0 Å². The van der Waals surface area contributed by atoms with Crippen molar-refractivity contribution in [1.29, 1.82) is 0 Å². The Kier molecular flexibility index (Phi) is 4.55. The average molecular weight is 314 g/mol. The van der Waals surface area contributed by atoms with Crippen molar-refractivity contribution in [1.82, 2.24) is 25.1 Å². The molecule has 0 aromatic carbocycles. The molecule has 0 bridgehead atoms. The molecule has 23 heavy (non-hydrogen) atoms. The van der Waals surface area contributed by atoms with E-state index in [0.717, 1.165) is 24.2 Å². The Balaban J connectivity index is 1.67. The van der Waals surface area contributed by atoms with Crippen LogP contribution in [0, 0.1) is 13.8 Å². The Labute approximate surface area is 135 Å². The standard InChI is InChI=1S/C16H22N6O/c1-11-8-12(2)22(21-11)15-9-14(17-10-18-15)20-16(23)19-13-6-4-3-5-7-13/h8-10,13H,3-7H2,1-2H3,(H2,17,18,19,20,23). The van der Waals surface area contributed by atoms with Crippen LogP contribution in [0.25, 0.3) is 5.82 Å². The summed E-state index contributed by atoms with van der Waals surface area (Å²) in [7, 11) is 0. The van der Waals surface area contributed by atoms with Gasteiger partial charge >= 0.3 is 6.03 Å². The van der Waals surface area contributed by atoms with Crippen molar-refractivity contribution in [3.8, 4) is 5.82 Å². The van der Waals surface area contributed by atoms with E-state index in [1.807, 2.05) is 19.9 Å². The van der Waals surface area contributed by atoms with Gasteiger partial charge in [-0.1, -0.05) is 19.3 Å². The van der Waals surface area contributed by atoms with Crippen LogP contribution in [0.15, 0.2) is 18.5 Å². The van der Waals surface area contributed by atoms with Gasteiger partial charge in [-0.15, -0.1) is 0 Å². The summed E-state index contributed by atoms with van der Waals surface area (Å²) in [6.07, 6.45) is 7.16. The molecule has 0 unspecified atom stereocenters. The summed E-state index contributed by atoms with van der Waals surface area (Å²) in [4.78, 5) is 20.4. The highest BCUT2D eigenvalue weighted by molar-refractivity contribution is 5.88. The summed E-state index contributed by atoms with van der Waals surface area (Å²) in [5.74, 6) is 1.11. The number of urea groups is 1. The lowest BCUT2D eigenvalue weighted by atomic mass is 9.96. The molecule has 3 rings (SSSR count). The van der Waals surface area contributed by atoms with E-state index in [2.05, 4.69) is 25.7 Å². The van der Waals surface area contributed by atoms with Crippen LogP contribution in [-0.4, -0.2) is 31.8 Å². The first-order valence-corrected chi connectivity index (χ1v) is 8.05. The molecule has 0 saturated heterocycles. The molecule has 2 heterocycles. The van der Waals surface area contributed by atoms with Crippen molar-refractivity contribution in [2.45, 2.75) is 52.0 Å². The van der Waals surface area contributed by atoms with Crippen LogP contribution >= 0.6 is 0 Å². The summed E-state index contributed by atoms with van der Waals surface area (Å²) in [6.45, 7) is 3.90. The Morgan fingerprint density at radius 2 is 1.96 bits per heavy atom. The SMILES string of the molecule is Cc1cc(C)n(-c2cc(NC(=O)NC3CCCCC3)ncn2)n1. The number of hydrogen-bond acceptors (Lipinski definition) is 4. The second kappa shape index (κ2) is 6.76. The van der Waals surface area contributed by atoms with Gasteiger partial charge in [-0.2, -0.15) is 5.10 Å². The number of carbonyl (C=O) groups excluding carboxylic acids is 1. The van der Waals surface area contributed by atoms with Gasteiger partial charge < -0.3 is 5.32 Å².